The summed E-state index contributed by atoms with van der Waals surface area (Å²) in [6.45, 7) is 2.23. The molecule has 11 nitrogen and oxygen atoms in total. The van der Waals surface area contributed by atoms with Gasteiger partial charge in [0.25, 0.3) is 11.2 Å². The predicted molar refractivity (Wildman–Crippen MR) is 152 cm³/mol. The molecule has 0 bridgehead atoms. The molecular formula is C29H26N5O6S+. The third-order valence-corrected chi connectivity index (χ3v) is 7.01. The Morgan fingerprint density at radius 1 is 1.07 bits per heavy atom. The second-order valence-electron chi connectivity index (χ2n) is 9.32. The topological polar surface area (TPSA) is 147 Å². The van der Waals surface area contributed by atoms with E-state index in [-0.39, 0.29) is 22.6 Å². The fraction of sp³-hybridized carbons (Fsp3) is 0.172. The highest BCUT2D eigenvalue weighted by Gasteiger charge is 2.42. The summed E-state index contributed by atoms with van der Waals surface area (Å²) in [5.74, 6) is -2.32. The summed E-state index contributed by atoms with van der Waals surface area (Å²) in [6, 6.07) is 21.6. The van der Waals surface area contributed by atoms with Crippen molar-refractivity contribution in [3.8, 4) is 5.88 Å². The van der Waals surface area contributed by atoms with Crippen molar-refractivity contribution in [2.45, 2.75) is 25.4 Å². The standard InChI is InChI=1S/C29H25N5O6S/c1-2-40-28(37)25(33-17-32(16-18-8-4-3-5-9-18)21-10-6-7-11-22(21)33)23(19-12-14-20(15-13-19)34(38)39)24-26(35)30-29(41)31-27(24)36/h3-15,17,23,25H,2,16H2,1H3,(H2-,30,31,35,36,41)/p+1. The lowest BCUT2D eigenvalue weighted by Crippen LogP contribution is -2.35. The number of aromatic nitrogens is 4. The van der Waals surface area contributed by atoms with Crippen molar-refractivity contribution in [1.82, 2.24) is 14.5 Å². The zero-order chi connectivity index (χ0) is 29.1. The second kappa shape index (κ2) is 11.6. The van der Waals surface area contributed by atoms with Crippen LogP contribution >= 0.6 is 12.2 Å². The van der Waals surface area contributed by atoms with Crippen LogP contribution in [0.5, 0.6) is 5.88 Å². The van der Waals surface area contributed by atoms with Crippen molar-refractivity contribution >= 4 is 34.9 Å². The Morgan fingerprint density at radius 3 is 2.41 bits per heavy atom. The number of non-ortho nitro benzene ring substituents is 1. The molecule has 0 aliphatic rings. The van der Waals surface area contributed by atoms with Crippen LogP contribution in [0.4, 0.5) is 5.69 Å². The average Bonchev–Trinajstić information content (AvgIpc) is 3.30. The van der Waals surface area contributed by atoms with Gasteiger partial charge in [0, 0.05) is 12.1 Å². The number of nitrogens with one attached hydrogen (secondary N) is 2. The van der Waals surface area contributed by atoms with Crippen molar-refractivity contribution < 1.29 is 24.1 Å². The fourth-order valence-electron chi connectivity index (χ4n) is 5.05. The van der Waals surface area contributed by atoms with Crippen LogP contribution in [0.3, 0.4) is 0 Å². The molecule has 0 radical (unpaired) electrons. The summed E-state index contributed by atoms with van der Waals surface area (Å²) >= 11 is 5.03. The number of rotatable bonds is 9. The van der Waals surface area contributed by atoms with Crippen LogP contribution in [-0.4, -0.2) is 37.1 Å². The number of carbonyl (C=O) groups excluding carboxylic acids is 1. The van der Waals surface area contributed by atoms with Gasteiger partial charge in [0.2, 0.25) is 12.4 Å². The molecule has 208 valence electrons. The molecule has 3 aromatic carbocycles. The maximum Gasteiger partial charge on any atom is 0.352 e. The van der Waals surface area contributed by atoms with Crippen molar-refractivity contribution in [3.63, 3.8) is 0 Å². The number of para-hydroxylation sites is 2. The largest absolute Gasteiger partial charge is 0.494 e. The fourth-order valence-corrected chi connectivity index (χ4v) is 5.24. The van der Waals surface area contributed by atoms with E-state index in [1.807, 2.05) is 59.2 Å². The Morgan fingerprint density at radius 2 is 1.76 bits per heavy atom. The van der Waals surface area contributed by atoms with Gasteiger partial charge in [0.1, 0.15) is 6.54 Å². The first kappa shape index (κ1) is 27.5. The molecule has 12 heteroatoms. The minimum Gasteiger partial charge on any atom is -0.494 e. The molecule has 0 amide bonds. The third-order valence-electron chi connectivity index (χ3n) is 6.81. The Labute approximate surface area is 238 Å². The van der Waals surface area contributed by atoms with E-state index in [1.54, 1.807) is 17.8 Å². The van der Waals surface area contributed by atoms with Gasteiger partial charge in [-0.05, 0) is 42.4 Å². The molecule has 2 atom stereocenters. The van der Waals surface area contributed by atoms with Gasteiger partial charge < -0.3 is 14.8 Å². The van der Waals surface area contributed by atoms with Gasteiger partial charge >= 0.3 is 5.97 Å². The van der Waals surface area contributed by atoms with Crippen molar-refractivity contribution in [1.29, 1.82) is 0 Å². The first-order valence-electron chi connectivity index (χ1n) is 12.8. The summed E-state index contributed by atoms with van der Waals surface area (Å²) in [4.78, 5) is 43.0. The summed E-state index contributed by atoms with van der Waals surface area (Å²) in [7, 11) is 0. The van der Waals surface area contributed by atoms with Crippen molar-refractivity contribution in [2.24, 2.45) is 0 Å². The lowest BCUT2D eigenvalue weighted by atomic mass is 9.85. The van der Waals surface area contributed by atoms with E-state index >= 15 is 0 Å². The number of ether oxygens (including phenoxy) is 1. The summed E-state index contributed by atoms with van der Waals surface area (Å²) < 4.78 is 9.11. The SMILES string of the molecule is CCOC(=O)C(C(c1ccc([N+](=O)[O-])cc1)c1c(O)[nH]c(=S)[nH]c1=O)n1c[n+](Cc2ccccc2)c2ccccc21. The second-order valence-corrected chi connectivity index (χ2v) is 9.73. The van der Waals surface area contributed by atoms with Gasteiger partial charge in [-0.15, -0.1) is 0 Å². The van der Waals surface area contributed by atoms with Crippen LogP contribution in [0.1, 0.15) is 35.6 Å². The zero-order valence-corrected chi connectivity index (χ0v) is 22.7. The first-order valence-corrected chi connectivity index (χ1v) is 13.2. The molecule has 0 spiro atoms. The van der Waals surface area contributed by atoms with Crippen molar-refractivity contribution in [3.05, 3.63) is 127 Å². The van der Waals surface area contributed by atoms with Crippen LogP contribution < -0.4 is 10.1 Å². The highest BCUT2D eigenvalue weighted by Crippen LogP contribution is 2.39. The molecule has 5 rings (SSSR count). The molecule has 0 aliphatic heterocycles. The summed E-state index contributed by atoms with van der Waals surface area (Å²) in [5, 5.41) is 22.3. The van der Waals surface area contributed by atoms with Crippen LogP contribution in [0.15, 0.2) is 90.0 Å². The zero-order valence-electron chi connectivity index (χ0n) is 21.9. The molecular weight excluding hydrogens is 546 g/mol. The summed E-state index contributed by atoms with van der Waals surface area (Å²) in [5.41, 5.74) is 1.84. The van der Waals surface area contributed by atoms with Crippen LogP contribution in [0.25, 0.3) is 11.0 Å². The van der Waals surface area contributed by atoms with E-state index in [0.29, 0.717) is 17.6 Å². The smallest absolute Gasteiger partial charge is 0.352 e. The Hall–Kier alpha value is -5.10. The summed E-state index contributed by atoms with van der Waals surface area (Å²) in [6.07, 6.45) is 1.77. The number of benzene rings is 3. The highest BCUT2D eigenvalue weighted by molar-refractivity contribution is 7.71. The van der Waals surface area contributed by atoms with E-state index in [1.165, 1.54) is 24.3 Å². The monoisotopic (exact) mass is 572 g/mol. The minimum absolute atomic E-state index is 0.0606. The first-order chi connectivity index (χ1) is 19.8. The van der Waals surface area contributed by atoms with E-state index in [9.17, 15) is 24.8 Å². The average molecular weight is 573 g/mol. The molecule has 5 aromatic rings. The number of nitro benzene ring substituents is 1. The van der Waals surface area contributed by atoms with Gasteiger partial charge in [0.15, 0.2) is 21.7 Å². The number of nitrogens with zero attached hydrogens (tertiary/aromatic N) is 3. The highest BCUT2D eigenvalue weighted by atomic mass is 32.1. The van der Waals surface area contributed by atoms with E-state index in [0.717, 1.165) is 11.1 Å². The Bertz CT molecular complexity index is 1850. The maximum absolute atomic E-state index is 13.8. The molecule has 3 N–H and O–H groups in total. The number of H-pyrrole nitrogens is 2. The number of fused-ring (bicyclic) bond motifs is 1. The van der Waals surface area contributed by atoms with E-state index in [4.69, 9.17) is 17.0 Å². The van der Waals surface area contributed by atoms with Gasteiger partial charge in [-0.3, -0.25) is 19.9 Å². The number of esters is 1. The molecule has 2 aromatic heterocycles. The van der Waals surface area contributed by atoms with Crippen LogP contribution in [0, 0.1) is 14.9 Å². The number of imidazole rings is 1. The quantitative estimate of drug-likeness (QED) is 0.0786. The molecule has 41 heavy (non-hydrogen) atoms. The maximum atomic E-state index is 13.8. The van der Waals surface area contributed by atoms with E-state index in [2.05, 4.69) is 9.97 Å². The molecule has 0 saturated carbocycles. The third kappa shape index (κ3) is 5.50. The normalized spacial score (nSPS) is 12.6. The number of hydrogen-bond donors (Lipinski definition) is 3. The van der Waals surface area contributed by atoms with Gasteiger partial charge in [-0.1, -0.05) is 54.6 Å². The lowest BCUT2D eigenvalue weighted by molar-refractivity contribution is -0.663. The molecule has 2 unspecified atom stereocenters. The Balaban J connectivity index is 1.79. The predicted octanol–water partition coefficient (Wildman–Crippen LogP) is 4.27. The van der Waals surface area contributed by atoms with Gasteiger partial charge in [-0.25, -0.2) is 13.9 Å². The van der Waals surface area contributed by atoms with Gasteiger partial charge in [-0.2, -0.15) is 0 Å². The number of hydrogen-bond acceptors (Lipinski definition) is 7. The van der Waals surface area contributed by atoms with Crippen LogP contribution in [-0.2, 0) is 16.1 Å². The van der Waals surface area contributed by atoms with E-state index < -0.39 is 34.3 Å². The van der Waals surface area contributed by atoms with Crippen molar-refractivity contribution in [2.75, 3.05) is 6.61 Å². The molecule has 0 fully saturated rings. The number of aromatic amines is 2. The number of nitro groups is 1. The number of aromatic hydroxyl groups is 1. The number of carbonyl (C=O) groups is 1. The molecule has 0 aliphatic carbocycles. The van der Waals surface area contributed by atoms with Crippen LogP contribution in [0.2, 0.25) is 0 Å². The minimum atomic E-state index is -1.20. The Kier molecular flexibility index (Phi) is 7.74. The lowest BCUT2D eigenvalue weighted by Gasteiger charge is -2.24. The molecule has 0 saturated heterocycles. The van der Waals surface area contributed by atoms with Gasteiger partial charge in [0.05, 0.1) is 23.0 Å². The molecule has 2 heterocycles.